The fourth-order valence-corrected chi connectivity index (χ4v) is 3.94. The molecule has 0 saturated carbocycles. The molecule has 0 radical (unpaired) electrons. The third-order valence-corrected chi connectivity index (χ3v) is 6.01. The van der Waals surface area contributed by atoms with E-state index in [9.17, 15) is 9.59 Å². The first-order chi connectivity index (χ1) is 19.5. The van der Waals surface area contributed by atoms with E-state index in [0.29, 0.717) is 46.2 Å². The second-order valence-corrected chi connectivity index (χ2v) is 8.74. The zero-order valence-corrected chi connectivity index (χ0v) is 22.2. The number of amides is 1. The number of anilines is 2. The Kier molecular flexibility index (Phi) is 9.35. The van der Waals surface area contributed by atoms with Gasteiger partial charge in [-0.25, -0.2) is 4.79 Å². The average molecular weight is 536 g/mol. The number of nitriles is 1. The zero-order valence-electron chi connectivity index (χ0n) is 22.2. The van der Waals surface area contributed by atoms with Gasteiger partial charge in [-0.15, -0.1) is 0 Å². The van der Waals surface area contributed by atoms with Crippen LogP contribution in [0.25, 0.3) is 0 Å². The van der Waals surface area contributed by atoms with Crippen LogP contribution in [0.5, 0.6) is 11.5 Å². The SMILES string of the molecule is CCOC(=O)c1ccc(NC(=O)C(Nc2ccc(C#N)cc2)c2ccc(OCc3ccccc3)c(OC)c2)cc1. The Morgan fingerprint density at radius 1 is 0.875 bits per heavy atom. The largest absolute Gasteiger partial charge is 0.493 e. The smallest absolute Gasteiger partial charge is 0.338 e. The second-order valence-electron chi connectivity index (χ2n) is 8.74. The summed E-state index contributed by atoms with van der Waals surface area (Å²) in [6, 6.07) is 29.7. The summed E-state index contributed by atoms with van der Waals surface area (Å²) >= 11 is 0. The first-order valence-electron chi connectivity index (χ1n) is 12.7. The average Bonchev–Trinajstić information content (AvgIpc) is 3.00. The summed E-state index contributed by atoms with van der Waals surface area (Å²) in [5, 5.41) is 15.3. The predicted octanol–water partition coefficient (Wildman–Crippen LogP) is 6.11. The summed E-state index contributed by atoms with van der Waals surface area (Å²) in [4.78, 5) is 25.5. The van der Waals surface area contributed by atoms with E-state index in [-0.39, 0.29) is 12.5 Å². The standard InChI is InChI=1S/C32H29N3O5/c1-3-39-32(37)24-11-16-27(17-12-24)35-31(36)30(34-26-14-9-22(20-33)10-15-26)25-13-18-28(29(19-25)38-2)40-21-23-7-5-4-6-8-23/h4-19,30,34H,3,21H2,1-2H3,(H,35,36). The molecule has 0 heterocycles. The molecule has 0 aliphatic rings. The first kappa shape index (κ1) is 27.7. The number of nitrogens with zero attached hydrogens (tertiary/aromatic N) is 1. The highest BCUT2D eigenvalue weighted by Crippen LogP contribution is 2.33. The van der Waals surface area contributed by atoms with Crippen LogP contribution in [0.2, 0.25) is 0 Å². The molecule has 0 aliphatic carbocycles. The number of nitrogens with one attached hydrogen (secondary N) is 2. The minimum atomic E-state index is -0.824. The van der Waals surface area contributed by atoms with Crippen molar-refractivity contribution in [3.8, 4) is 17.6 Å². The van der Waals surface area contributed by atoms with E-state index >= 15 is 0 Å². The van der Waals surface area contributed by atoms with Crippen molar-refractivity contribution in [2.45, 2.75) is 19.6 Å². The van der Waals surface area contributed by atoms with Crippen molar-refractivity contribution >= 4 is 23.3 Å². The van der Waals surface area contributed by atoms with Crippen molar-refractivity contribution in [2.75, 3.05) is 24.4 Å². The van der Waals surface area contributed by atoms with Crippen LogP contribution in [0.1, 0.15) is 40.0 Å². The van der Waals surface area contributed by atoms with Gasteiger partial charge >= 0.3 is 5.97 Å². The number of methoxy groups -OCH3 is 1. The molecule has 0 fully saturated rings. The molecule has 4 rings (SSSR count). The Hall–Kier alpha value is -5.29. The van der Waals surface area contributed by atoms with Gasteiger partial charge < -0.3 is 24.8 Å². The quantitative estimate of drug-likeness (QED) is 0.223. The number of ether oxygens (including phenoxy) is 3. The minimum absolute atomic E-state index is 0.277. The number of carbonyl (C=O) groups is 2. The van der Waals surface area contributed by atoms with E-state index < -0.39 is 12.0 Å². The molecule has 202 valence electrons. The normalized spacial score (nSPS) is 11.0. The molecule has 4 aromatic carbocycles. The van der Waals surface area contributed by atoms with E-state index in [1.807, 2.05) is 30.3 Å². The maximum Gasteiger partial charge on any atom is 0.338 e. The molecule has 0 saturated heterocycles. The monoisotopic (exact) mass is 535 g/mol. The van der Waals surface area contributed by atoms with Gasteiger partial charge in [0.05, 0.1) is 30.9 Å². The lowest BCUT2D eigenvalue weighted by Crippen LogP contribution is -2.27. The Bertz CT molecular complexity index is 1480. The Morgan fingerprint density at radius 3 is 2.23 bits per heavy atom. The third kappa shape index (κ3) is 7.17. The second kappa shape index (κ2) is 13.5. The molecule has 0 aliphatic heterocycles. The van der Waals surface area contributed by atoms with Crippen molar-refractivity contribution < 1.29 is 23.8 Å². The highest BCUT2D eigenvalue weighted by atomic mass is 16.5. The van der Waals surface area contributed by atoms with E-state index in [1.54, 1.807) is 80.8 Å². The summed E-state index contributed by atoms with van der Waals surface area (Å²) < 4.78 is 16.6. The van der Waals surface area contributed by atoms with Gasteiger partial charge in [0, 0.05) is 11.4 Å². The predicted molar refractivity (Wildman–Crippen MR) is 152 cm³/mol. The van der Waals surface area contributed by atoms with Crippen molar-refractivity contribution in [3.63, 3.8) is 0 Å². The van der Waals surface area contributed by atoms with Gasteiger partial charge in [-0.1, -0.05) is 36.4 Å². The van der Waals surface area contributed by atoms with Crippen molar-refractivity contribution in [3.05, 3.63) is 119 Å². The first-order valence-corrected chi connectivity index (χ1v) is 12.7. The van der Waals surface area contributed by atoms with Gasteiger partial charge in [0.25, 0.3) is 5.91 Å². The van der Waals surface area contributed by atoms with E-state index in [1.165, 1.54) is 0 Å². The van der Waals surface area contributed by atoms with Gasteiger partial charge in [-0.05, 0) is 78.7 Å². The molecule has 4 aromatic rings. The molecule has 0 aromatic heterocycles. The van der Waals surface area contributed by atoms with Crippen LogP contribution < -0.4 is 20.1 Å². The maximum absolute atomic E-state index is 13.6. The number of hydrogen-bond acceptors (Lipinski definition) is 7. The summed E-state index contributed by atoms with van der Waals surface area (Å²) in [5.74, 6) is 0.254. The molecular weight excluding hydrogens is 506 g/mol. The molecule has 40 heavy (non-hydrogen) atoms. The number of esters is 1. The fraction of sp³-hybridized carbons (Fsp3) is 0.156. The minimum Gasteiger partial charge on any atom is -0.493 e. The molecule has 0 bridgehead atoms. The van der Waals surface area contributed by atoms with E-state index in [0.717, 1.165) is 5.56 Å². The van der Waals surface area contributed by atoms with Crippen molar-refractivity contribution in [1.82, 2.24) is 0 Å². The number of rotatable bonds is 11. The molecule has 2 N–H and O–H groups in total. The topological polar surface area (TPSA) is 110 Å². The number of benzene rings is 4. The summed E-state index contributed by atoms with van der Waals surface area (Å²) in [7, 11) is 1.54. The Balaban J connectivity index is 1.58. The lowest BCUT2D eigenvalue weighted by Gasteiger charge is -2.21. The van der Waals surface area contributed by atoms with Crippen LogP contribution in [0.3, 0.4) is 0 Å². The third-order valence-electron chi connectivity index (χ3n) is 6.01. The molecular formula is C32H29N3O5. The molecule has 1 atom stereocenters. The lowest BCUT2D eigenvalue weighted by molar-refractivity contribution is -0.117. The van der Waals surface area contributed by atoms with Crippen LogP contribution in [-0.2, 0) is 16.1 Å². The van der Waals surface area contributed by atoms with Gasteiger partial charge in [0.1, 0.15) is 12.6 Å². The molecule has 8 heteroatoms. The van der Waals surface area contributed by atoms with Crippen LogP contribution in [-0.4, -0.2) is 25.6 Å². The summed E-state index contributed by atoms with van der Waals surface area (Å²) in [6.07, 6.45) is 0. The van der Waals surface area contributed by atoms with Crippen molar-refractivity contribution in [1.29, 1.82) is 5.26 Å². The molecule has 1 amide bonds. The van der Waals surface area contributed by atoms with Crippen LogP contribution >= 0.6 is 0 Å². The number of carbonyl (C=O) groups excluding carboxylic acids is 2. The van der Waals surface area contributed by atoms with E-state index in [2.05, 4.69) is 16.7 Å². The van der Waals surface area contributed by atoms with Crippen molar-refractivity contribution in [2.24, 2.45) is 0 Å². The van der Waals surface area contributed by atoms with E-state index in [4.69, 9.17) is 19.5 Å². The van der Waals surface area contributed by atoms with Crippen LogP contribution in [0, 0.1) is 11.3 Å². The van der Waals surface area contributed by atoms with Gasteiger partial charge in [-0.2, -0.15) is 5.26 Å². The van der Waals surface area contributed by atoms with Gasteiger partial charge in [0.2, 0.25) is 0 Å². The molecule has 1 unspecified atom stereocenters. The van der Waals surface area contributed by atoms with Gasteiger partial charge in [0.15, 0.2) is 11.5 Å². The zero-order chi connectivity index (χ0) is 28.3. The summed E-state index contributed by atoms with van der Waals surface area (Å²) in [5.41, 5.74) is 3.72. The fourth-order valence-electron chi connectivity index (χ4n) is 3.94. The maximum atomic E-state index is 13.6. The Labute approximate surface area is 233 Å². The molecule has 8 nitrogen and oxygen atoms in total. The Morgan fingerprint density at radius 2 is 1.57 bits per heavy atom. The van der Waals surface area contributed by atoms with Crippen LogP contribution in [0.4, 0.5) is 11.4 Å². The lowest BCUT2D eigenvalue weighted by atomic mass is 10.0. The van der Waals surface area contributed by atoms with Crippen LogP contribution in [0.15, 0.2) is 97.1 Å². The number of hydrogen-bond donors (Lipinski definition) is 2. The molecule has 0 spiro atoms. The highest BCUT2D eigenvalue weighted by Gasteiger charge is 2.23. The summed E-state index contributed by atoms with van der Waals surface area (Å²) in [6.45, 7) is 2.38. The van der Waals surface area contributed by atoms with Gasteiger partial charge in [-0.3, -0.25) is 4.79 Å². The highest BCUT2D eigenvalue weighted by molar-refractivity contribution is 5.98.